The number of anilines is 1. The molecule has 4 aromatic carbocycles. The summed E-state index contributed by atoms with van der Waals surface area (Å²) >= 11 is 0. The molecule has 5 nitrogen and oxygen atoms in total. The van der Waals surface area contributed by atoms with Gasteiger partial charge < -0.3 is 15.0 Å². The smallest absolute Gasteiger partial charge is 0.335 e. The van der Waals surface area contributed by atoms with Crippen molar-refractivity contribution in [3.05, 3.63) is 119 Å². The van der Waals surface area contributed by atoms with E-state index in [1.165, 1.54) is 36.0 Å². The summed E-state index contributed by atoms with van der Waals surface area (Å²) in [6, 6.07) is 33.5. The summed E-state index contributed by atoms with van der Waals surface area (Å²) in [5, 5.41) is 13.0. The van der Waals surface area contributed by atoms with Gasteiger partial charge in [0.25, 0.3) is 0 Å². The highest BCUT2D eigenvalue weighted by atomic mass is 16.4. The average molecular weight is 516 g/mol. The Labute approximate surface area is 229 Å². The fraction of sp³-hybridized carbons (Fsp3) is 0.235. The van der Waals surface area contributed by atoms with E-state index in [-0.39, 0.29) is 5.56 Å². The normalized spacial score (nSPS) is 13.9. The van der Waals surface area contributed by atoms with Crippen LogP contribution in [-0.4, -0.2) is 20.6 Å². The van der Waals surface area contributed by atoms with Gasteiger partial charge in [-0.05, 0) is 66.3 Å². The van der Waals surface area contributed by atoms with Gasteiger partial charge in [0.15, 0.2) is 0 Å². The molecular weight excluding hydrogens is 482 g/mol. The molecule has 0 aliphatic heterocycles. The van der Waals surface area contributed by atoms with Gasteiger partial charge in [-0.25, -0.2) is 9.78 Å². The Morgan fingerprint density at radius 3 is 2.23 bits per heavy atom. The number of benzene rings is 4. The lowest BCUT2D eigenvalue weighted by molar-refractivity contribution is 0.0697. The van der Waals surface area contributed by atoms with E-state index in [2.05, 4.69) is 82.7 Å². The first kappa shape index (κ1) is 24.9. The summed E-state index contributed by atoms with van der Waals surface area (Å²) in [6.45, 7) is 0.735. The molecule has 6 rings (SSSR count). The van der Waals surface area contributed by atoms with Crippen LogP contribution in [0.3, 0.4) is 0 Å². The van der Waals surface area contributed by atoms with Crippen molar-refractivity contribution in [2.24, 2.45) is 0 Å². The van der Waals surface area contributed by atoms with E-state index < -0.39 is 5.97 Å². The number of carboxylic acids is 1. The van der Waals surface area contributed by atoms with Crippen LogP contribution in [0.2, 0.25) is 0 Å². The molecule has 1 heterocycles. The van der Waals surface area contributed by atoms with E-state index in [0.717, 1.165) is 53.9 Å². The average Bonchev–Trinajstić information content (AvgIpc) is 3.37. The predicted molar refractivity (Wildman–Crippen MR) is 157 cm³/mol. The molecule has 0 atom stereocenters. The third-order valence-corrected chi connectivity index (χ3v) is 7.79. The fourth-order valence-electron chi connectivity index (χ4n) is 5.69. The molecular formula is C34H33N3O2. The fourth-order valence-corrected chi connectivity index (χ4v) is 5.69. The number of rotatable bonds is 8. The first-order valence-electron chi connectivity index (χ1n) is 13.9. The summed E-state index contributed by atoms with van der Waals surface area (Å²) in [4.78, 5) is 16.5. The molecule has 0 saturated heterocycles. The van der Waals surface area contributed by atoms with Crippen LogP contribution in [-0.2, 0) is 13.0 Å². The molecule has 5 aromatic rings. The lowest BCUT2D eigenvalue weighted by Gasteiger charge is -2.25. The third-order valence-electron chi connectivity index (χ3n) is 7.79. The van der Waals surface area contributed by atoms with E-state index in [4.69, 9.17) is 4.98 Å². The van der Waals surface area contributed by atoms with Crippen LogP contribution in [0.5, 0.6) is 0 Å². The summed E-state index contributed by atoms with van der Waals surface area (Å²) in [7, 11) is 0. The van der Waals surface area contributed by atoms with Crippen molar-refractivity contribution < 1.29 is 9.90 Å². The standard InChI is InChI=1S/C34H33N3O2/c38-34(39)28-17-20-32-31(22-28)36-33(37(32)30-9-5-2-6-10-30)27-15-11-26(12-16-27)23-35-29-18-13-25(14-19-29)21-24-7-3-1-4-8-24/h1,3-4,7-8,11-20,22,30,35H,2,5-6,9-10,21,23H2,(H,38,39). The van der Waals surface area contributed by atoms with Crippen molar-refractivity contribution in [1.29, 1.82) is 0 Å². The molecule has 0 bridgehead atoms. The van der Waals surface area contributed by atoms with Crippen LogP contribution in [0.15, 0.2) is 97.1 Å². The molecule has 39 heavy (non-hydrogen) atoms. The zero-order valence-electron chi connectivity index (χ0n) is 22.0. The van der Waals surface area contributed by atoms with Gasteiger partial charge in [-0.1, -0.05) is 86.0 Å². The van der Waals surface area contributed by atoms with Gasteiger partial charge >= 0.3 is 5.97 Å². The van der Waals surface area contributed by atoms with Crippen LogP contribution in [0.25, 0.3) is 22.4 Å². The van der Waals surface area contributed by atoms with Gasteiger partial charge in [0.05, 0.1) is 16.6 Å². The Bertz CT molecular complexity index is 1570. The van der Waals surface area contributed by atoms with Crippen molar-refractivity contribution in [2.45, 2.75) is 51.1 Å². The summed E-state index contributed by atoms with van der Waals surface area (Å²) in [5.41, 5.74) is 8.01. The number of carboxylic acid groups (broad SMARTS) is 1. The molecule has 2 N–H and O–H groups in total. The van der Waals surface area contributed by atoms with Gasteiger partial charge in [0.2, 0.25) is 0 Å². The highest BCUT2D eigenvalue weighted by molar-refractivity contribution is 5.93. The van der Waals surface area contributed by atoms with Gasteiger partial charge in [-0.15, -0.1) is 0 Å². The van der Waals surface area contributed by atoms with E-state index >= 15 is 0 Å². The third kappa shape index (κ3) is 5.58. The van der Waals surface area contributed by atoms with Crippen LogP contribution in [0.1, 0.15) is 65.2 Å². The Hall–Kier alpha value is -4.38. The number of imidazole rings is 1. The number of fused-ring (bicyclic) bond motifs is 1. The Kier molecular flexibility index (Phi) is 7.13. The Morgan fingerprint density at radius 1 is 0.821 bits per heavy atom. The van der Waals surface area contributed by atoms with Crippen molar-refractivity contribution in [3.8, 4) is 11.4 Å². The maximum absolute atomic E-state index is 11.6. The first-order valence-corrected chi connectivity index (χ1v) is 13.9. The topological polar surface area (TPSA) is 67.2 Å². The number of hydrogen-bond donors (Lipinski definition) is 2. The largest absolute Gasteiger partial charge is 0.478 e. The molecule has 1 aliphatic carbocycles. The number of nitrogens with zero attached hydrogens (tertiary/aromatic N) is 2. The Morgan fingerprint density at radius 2 is 1.51 bits per heavy atom. The molecule has 5 heteroatoms. The number of aromatic carboxylic acids is 1. The van der Waals surface area contributed by atoms with E-state index in [9.17, 15) is 9.90 Å². The summed E-state index contributed by atoms with van der Waals surface area (Å²) < 4.78 is 2.35. The number of nitrogens with one attached hydrogen (secondary N) is 1. The lowest BCUT2D eigenvalue weighted by atomic mass is 9.94. The molecule has 1 fully saturated rings. The van der Waals surface area contributed by atoms with Gasteiger partial charge in [-0.2, -0.15) is 0 Å². The van der Waals surface area contributed by atoms with E-state index in [0.29, 0.717) is 6.04 Å². The number of hydrogen-bond acceptors (Lipinski definition) is 3. The molecule has 0 amide bonds. The molecule has 0 radical (unpaired) electrons. The van der Waals surface area contributed by atoms with Crippen molar-refractivity contribution in [3.63, 3.8) is 0 Å². The summed E-state index contributed by atoms with van der Waals surface area (Å²) in [6.07, 6.45) is 6.91. The minimum Gasteiger partial charge on any atom is -0.478 e. The monoisotopic (exact) mass is 515 g/mol. The van der Waals surface area contributed by atoms with E-state index in [1.807, 2.05) is 12.1 Å². The minimum absolute atomic E-state index is 0.275. The first-order chi connectivity index (χ1) is 19.1. The van der Waals surface area contributed by atoms with Crippen molar-refractivity contribution >= 4 is 22.7 Å². The van der Waals surface area contributed by atoms with E-state index in [1.54, 1.807) is 12.1 Å². The predicted octanol–water partition coefficient (Wildman–Crippen LogP) is 8.11. The molecule has 196 valence electrons. The van der Waals surface area contributed by atoms with Crippen LogP contribution in [0.4, 0.5) is 5.69 Å². The lowest BCUT2D eigenvalue weighted by Crippen LogP contribution is -2.14. The van der Waals surface area contributed by atoms with Crippen molar-refractivity contribution in [2.75, 3.05) is 5.32 Å². The molecule has 1 aromatic heterocycles. The molecule has 0 unspecified atom stereocenters. The Balaban J connectivity index is 1.19. The SMILES string of the molecule is O=C(O)c1ccc2c(c1)nc(-c1ccc(CNc3ccc(Cc4ccccc4)cc3)cc1)n2C1CCCCC1. The van der Waals surface area contributed by atoms with Crippen LogP contribution >= 0.6 is 0 Å². The van der Waals surface area contributed by atoms with Gasteiger partial charge in [0, 0.05) is 23.8 Å². The van der Waals surface area contributed by atoms with Crippen LogP contribution < -0.4 is 5.32 Å². The maximum atomic E-state index is 11.6. The molecule has 0 spiro atoms. The van der Waals surface area contributed by atoms with Gasteiger partial charge in [0.1, 0.15) is 5.82 Å². The quantitative estimate of drug-likeness (QED) is 0.219. The second-order valence-electron chi connectivity index (χ2n) is 10.5. The zero-order chi connectivity index (χ0) is 26.6. The number of carbonyl (C=O) groups is 1. The van der Waals surface area contributed by atoms with Gasteiger partial charge in [-0.3, -0.25) is 0 Å². The van der Waals surface area contributed by atoms with Crippen LogP contribution in [0, 0.1) is 0 Å². The second-order valence-corrected chi connectivity index (χ2v) is 10.5. The molecule has 1 saturated carbocycles. The van der Waals surface area contributed by atoms with Crippen molar-refractivity contribution in [1.82, 2.24) is 9.55 Å². The zero-order valence-corrected chi connectivity index (χ0v) is 22.0. The highest BCUT2D eigenvalue weighted by Crippen LogP contribution is 2.36. The minimum atomic E-state index is -0.923. The molecule has 1 aliphatic rings. The second kappa shape index (κ2) is 11.2. The maximum Gasteiger partial charge on any atom is 0.335 e. The number of aromatic nitrogens is 2. The highest BCUT2D eigenvalue weighted by Gasteiger charge is 2.23. The summed E-state index contributed by atoms with van der Waals surface area (Å²) in [5.74, 6) is 0.00121.